The third-order valence-corrected chi connectivity index (χ3v) is 2.37. The molecule has 1 aliphatic rings. The second-order valence-corrected chi connectivity index (χ2v) is 3.70. The van der Waals surface area contributed by atoms with Gasteiger partial charge in [-0.2, -0.15) is 5.10 Å². The van der Waals surface area contributed by atoms with Crippen molar-refractivity contribution in [1.29, 1.82) is 0 Å². The van der Waals surface area contributed by atoms with Gasteiger partial charge in [0, 0.05) is 12.7 Å². The molecule has 0 aliphatic heterocycles. The van der Waals surface area contributed by atoms with Gasteiger partial charge >= 0.3 is 5.97 Å². The van der Waals surface area contributed by atoms with Crippen molar-refractivity contribution in [3.63, 3.8) is 0 Å². The van der Waals surface area contributed by atoms with Crippen molar-refractivity contribution < 1.29 is 18.7 Å². The lowest BCUT2D eigenvalue weighted by atomic mass is 10.2. The largest absolute Gasteiger partial charge is 0.478 e. The van der Waals surface area contributed by atoms with Crippen LogP contribution in [0.5, 0.6) is 0 Å². The van der Waals surface area contributed by atoms with Crippen molar-refractivity contribution in [1.82, 2.24) is 9.78 Å². The molecule has 4 nitrogen and oxygen atoms in total. The molecule has 0 radical (unpaired) electrons. The molecule has 1 aliphatic carbocycles. The number of halogens is 2. The number of carboxylic acids is 1. The summed E-state index contributed by atoms with van der Waals surface area (Å²) in [6, 6.07) is 0. The van der Waals surface area contributed by atoms with Crippen LogP contribution in [-0.4, -0.2) is 20.9 Å². The molecular weight excluding hydrogens is 206 g/mol. The molecule has 0 amide bonds. The predicted octanol–water partition coefficient (Wildman–Crippen LogP) is 1.93. The maximum absolute atomic E-state index is 12.4. The molecule has 0 bridgehead atoms. The van der Waals surface area contributed by atoms with Crippen molar-refractivity contribution in [2.75, 3.05) is 0 Å². The van der Waals surface area contributed by atoms with Crippen molar-refractivity contribution >= 4 is 5.97 Å². The van der Waals surface area contributed by atoms with Crippen LogP contribution in [0.25, 0.3) is 0 Å². The number of hydrogen-bond donors (Lipinski definition) is 1. The highest BCUT2D eigenvalue weighted by molar-refractivity contribution is 5.88. The molecule has 1 heterocycles. The molecule has 0 atom stereocenters. The average molecular weight is 216 g/mol. The Kier molecular flexibility index (Phi) is 2.42. The molecule has 0 saturated heterocycles. The third kappa shape index (κ3) is 2.14. The summed E-state index contributed by atoms with van der Waals surface area (Å²) in [5.41, 5.74) is -1.03. The van der Waals surface area contributed by atoms with Gasteiger partial charge in [0.25, 0.3) is 6.43 Å². The summed E-state index contributed by atoms with van der Waals surface area (Å²) in [6.07, 6.45) is 0.470. The highest BCUT2D eigenvalue weighted by Gasteiger charge is 2.26. The van der Waals surface area contributed by atoms with Crippen LogP contribution in [0, 0.1) is 5.92 Å². The quantitative estimate of drug-likeness (QED) is 0.836. The van der Waals surface area contributed by atoms with Gasteiger partial charge in [0.15, 0.2) is 0 Å². The van der Waals surface area contributed by atoms with E-state index in [1.54, 1.807) is 0 Å². The maximum Gasteiger partial charge on any atom is 0.339 e. The Bertz CT molecular complexity index is 385. The molecule has 1 aromatic heterocycles. The fourth-order valence-electron chi connectivity index (χ4n) is 1.42. The molecule has 1 fully saturated rings. The Labute approximate surface area is 84.5 Å². The molecule has 2 rings (SSSR count). The molecule has 82 valence electrons. The summed E-state index contributed by atoms with van der Waals surface area (Å²) in [7, 11) is 0. The standard InChI is InChI=1S/C9H10F2N2O2/c10-8(11)7-6(9(14)15)4-13(12-7)3-5-1-2-5/h4-5,8H,1-3H2,(H,14,15). The Morgan fingerprint density at radius 3 is 2.73 bits per heavy atom. The van der Waals surface area contributed by atoms with Gasteiger partial charge in [0.2, 0.25) is 0 Å². The summed E-state index contributed by atoms with van der Waals surface area (Å²) < 4.78 is 26.1. The van der Waals surface area contributed by atoms with Crippen LogP contribution in [-0.2, 0) is 6.54 Å². The number of nitrogens with zero attached hydrogens (tertiary/aromatic N) is 2. The van der Waals surface area contributed by atoms with Crippen molar-refractivity contribution in [2.24, 2.45) is 5.92 Å². The van der Waals surface area contributed by atoms with Gasteiger partial charge in [-0.25, -0.2) is 13.6 Å². The molecule has 1 N–H and O–H groups in total. The summed E-state index contributed by atoms with van der Waals surface area (Å²) in [5.74, 6) is -0.885. The molecule has 0 aromatic carbocycles. The Morgan fingerprint density at radius 1 is 1.67 bits per heavy atom. The van der Waals surface area contributed by atoms with E-state index in [9.17, 15) is 13.6 Å². The highest BCUT2D eigenvalue weighted by Crippen LogP contribution is 2.31. The first-order valence-corrected chi connectivity index (χ1v) is 4.66. The van der Waals surface area contributed by atoms with Crippen molar-refractivity contribution in [3.8, 4) is 0 Å². The molecule has 6 heteroatoms. The van der Waals surface area contributed by atoms with E-state index in [-0.39, 0.29) is 0 Å². The van der Waals surface area contributed by atoms with Crippen LogP contribution in [0.2, 0.25) is 0 Å². The fourth-order valence-corrected chi connectivity index (χ4v) is 1.42. The molecule has 0 spiro atoms. The van der Waals surface area contributed by atoms with Crippen LogP contribution >= 0.6 is 0 Å². The summed E-state index contributed by atoms with van der Waals surface area (Å²) >= 11 is 0. The van der Waals surface area contributed by atoms with E-state index in [1.807, 2.05) is 0 Å². The zero-order valence-electron chi connectivity index (χ0n) is 7.86. The predicted molar refractivity (Wildman–Crippen MR) is 46.9 cm³/mol. The number of aromatic carboxylic acids is 1. The Hall–Kier alpha value is -1.46. The topological polar surface area (TPSA) is 55.1 Å². The van der Waals surface area contributed by atoms with Crippen LogP contribution in [0.15, 0.2) is 6.20 Å². The number of aromatic nitrogens is 2. The summed E-state index contributed by atoms with van der Waals surface area (Å²) in [4.78, 5) is 10.7. The molecular formula is C9H10F2N2O2. The van der Waals surface area contributed by atoms with Crippen molar-refractivity contribution in [3.05, 3.63) is 17.5 Å². The molecule has 1 aromatic rings. The smallest absolute Gasteiger partial charge is 0.339 e. The first-order valence-electron chi connectivity index (χ1n) is 4.66. The van der Waals surface area contributed by atoms with Gasteiger partial charge in [-0.15, -0.1) is 0 Å². The van der Waals surface area contributed by atoms with E-state index < -0.39 is 23.7 Å². The van der Waals surface area contributed by atoms with Crippen molar-refractivity contribution in [2.45, 2.75) is 25.8 Å². The number of hydrogen-bond acceptors (Lipinski definition) is 2. The SMILES string of the molecule is O=C(O)c1cn(CC2CC2)nc1C(F)F. The number of rotatable bonds is 4. The summed E-state index contributed by atoms with van der Waals surface area (Å²) in [6.45, 7) is 0.535. The highest BCUT2D eigenvalue weighted by atomic mass is 19.3. The average Bonchev–Trinajstić information content (AvgIpc) is 2.81. The van der Waals surface area contributed by atoms with E-state index in [2.05, 4.69) is 5.10 Å². The van der Waals surface area contributed by atoms with Gasteiger partial charge in [0.1, 0.15) is 11.3 Å². The number of carboxylic acid groups (broad SMARTS) is 1. The second-order valence-electron chi connectivity index (χ2n) is 3.70. The lowest BCUT2D eigenvalue weighted by molar-refractivity contribution is 0.0684. The van der Waals surface area contributed by atoms with Gasteiger partial charge in [-0.3, -0.25) is 4.68 Å². The normalized spacial score (nSPS) is 15.9. The van der Waals surface area contributed by atoms with E-state index in [1.165, 1.54) is 10.9 Å². The maximum atomic E-state index is 12.4. The van der Waals surface area contributed by atoms with E-state index in [0.29, 0.717) is 12.5 Å². The monoisotopic (exact) mass is 216 g/mol. The first kappa shape index (κ1) is 10.1. The minimum atomic E-state index is -2.84. The Morgan fingerprint density at radius 2 is 2.33 bits per heavy atom. The van der Waals surface area contributed by atoms with Crippen LogP contribution < -0.4 is 0 Å². The minimum absolute atomic E-state index is 0.398. The van der Waals surface area contributed by atoms with Crippen LogP contribution in [0.3, 0.4) is 0 Å². The van der Waals surface area contributed by atoms with Crippen LogP contribution in [0.1, 0.15) is 35.3 Å². The van der Waals surface area contributed by atoms with Gasteiger partial charge in [0.05, 0.1) is 0 Å². The number of carbonyl (C=O) groups is 1. The lowest BCUT2D eigenvalue weighted by Crippen LogP contribution is -2.01. The van der Waals surface area contributed by atoms with E-state index in [0.717, 1.165) is 12.8 Å². The zero-order chi connectivity index (χ0) is 11.0. The van der Waals surface area contributed by atoms with Gasteiger partial charge in [-0.1, -0.05) is 0 Å². The molecule has 1 saturated carbocycles. The Balaban J connectivity index is 2.25. The lowest BCUT2D eigenvalue weighted by Gasteiger charge is -1.96. The first-order chi connectivity index (χ1) is 7.08. The fraction of sp³-hybridized carbons (Fsp3) is 0.556. The van der Waals surface area contributed by atoms with Gasteiger partial charge in [-0.05, 0) is 18.8 Å². The molecule has 0 unspecified atom stereocenters. The zero-order valence-corrected chi connectivity index (χ0v) is 7.86. The second kappa shape index (κ2) is 3.60. The number of alkyl halides is 2. The molecule has 15 heavy (non-hydrogen) atoms. The van der Waals surface area contributed by atoms with E-state index in [4.69, 9.17) is 5.11 Å². The van der Waals surface area contributed by atoms with E-state index >= 15 is 0 Å². The minimum Gasteiger partial charge on any atom is -0.478 e. The van der Waals surface area contributed by atoms with Gasteiger partial charge < -0.3 is 5.11 Å². The van der Waals surface area contributed by atoms with Crippen LogP contribution in [0.4, 0.5) is 8.78 Å². The summed E-state index contributed by atoms with van der Waals surface area (Å²) in [5, 5.41) is 12.3. The third-order valence-electron chi connectivity index (χ3n) is 2.37.